The number of aryl methyl sites for hydroxylation is 1. The molecule has 0 bridgehead atoms. The first kappa shape index (κ1) is 18.9. The third kappa shape index (κ3) is 3.53. The van der Waals surface area contributed by atoms with Gasteiger partial charge in [-0.25, -0.2) is 9.97 Å². The van der Waals surface area contributed by atoms with Gasteiger partial charge in [-0.3, -0.25) is 4.79 Å². The summed E-state index contributed by atoms with van der Waals surface area (Å²) >= 11 is 6.02. The van der Waals surface area contributed by atoms with E-state index in [0.29, 0.717) is 45.2 Å². The van der Waals surface area contributed by atoms with Crippen molar-refractivity contribution >= 4 is 45.5 Å². The highest BCUT2D eigenvalue weighted by molar-refractivity contribution is 6.31. The number of fused-ring (bicyclic) bond motifs is 2. The molecule has 0 aliphatic heterocycles. The second-order valence-electron chi connectivity index (χ2n) is 6.69. The van der Waals surface area contributed by atoms with Crippen molar-refractivity contribution in [3.05, 3.63) is 64.7 Å². The number of halogens is 1. The molecule has 0 saturated carbocycles. The summed E-state index contributed by atoms with van der Waals surface area (Å²) in [6, 6.07) is 16.4. The Bertz CT molecular complexity index is 1270. The number of carbonyl (C=O) groups is 1. The summed E-state index contributed by atoms with van der Waals surface area (Å²) in [6.45, 7) is 2.70. The standard InChI is InChI=1S/C22H18ClN5O/c1-2-3-11-28-20(27-22(29)14-7-6-8-15(23)12-14)16(13-24)19-21(28)26-18-10-5-4-9-17(18)25-19/h4-10,12H,2-3,11H2,1H3,(H,27,29). The van der Waals surface area contributed by atoms with Crippen LogP contribution in [0, 0.1) is 11.3 Å². The molecule has 1 N–H and O–H groups in total. The lowest BCUT2D eigenvalue weighted by Crippen LogP contribution is -2.16. The fourth-order valence-corrected chi connectivity index (χ4v) is 3.47. The van der Waals surface area contributed by atoms with E-state index >= 15 is 0 Å². The molecule has 2 aromatic heterocycles. The van der Waals surface area contributed by atoms with E-state index in [9.17, 15) is 10.1 Å². The van der Waals surface area contributed by atoms with Crippen molar-refractivity contribution in [1.29, 1.82) is 5.26 Å². The molecule has 0 radical (unpaired) electrons. The summed E-state index contributed by atoms with van der Waals surface area (Å²) in [4.78, 5) is 22.2. The molecule has 4 rings (SSSR count). The molecule has 0 spiro atoms. The molecule has 2 aromatic carbocycles. The largest absolute Gasteiger partial charge is 0.309 e. The number of unbranched alkanes of at least 4 members (excludes halogenated alkanes) is 1. The SMILES string of the molecule is CCCCn1c(NC(=O)c2cccc(Cl)c2)c(C#N)c2nc3ccccc3nc21. The lowest BCUT2D eigenvalue weighted by Gasteiger charge is -2.11. The van der Waals surface area contributed by atoms with Gasteiger partial charge in [0.1, 0.15) is 23.0 Å². The summed E-state index contributed by atoms with van der Waals surface area (Å²) in [5.41, 5.74) is 3.26. The van der Waals surface area contributed by atoms with Crippen LogP contribution in [0.1, 0.15) is 35.7 Å². The van der Waals surface area contributed by atoms with Crippen molar-refractivity contribution in [3.8, 4) is 6.07 Å². The predicted molar refractivity (Wildman–Crippen MR) is 114 cm³/mol. The Morgan fingerprint density at radius 2 is 1.93 bits per heavy atom. The summed E-state index contributed by atoms with van der Waals surface area (Å²) in [5, 5.41) is 13.2. The molecular weight excluding hydrogens is 386 g/mol. The van der Waals surface area contributed by atoms with E-state index in [1.165, 1.54) is 0 Å². The second-order valence-corrected chi connectivity index (χ2v) is 7.13. The Kier molecular flexibility index (Phi) is 5.15. The van der Waals surface area contributed by atoms with Gasteiger partial charge in [-0.05, 0) is 36.8 Å². The Balaban J connectivity index is 1.89. The first-order valence-corrected chi connectivity index (χ1v) is 9.76. The summed E-state index contributed by atoms with van der Waals surface area (Å²) in [6.07, 6.45) is 1.84. The lowest BCUT2D eigenvalue weighted by atomic mass is 10.2. The van der Waals surface area contributed by atoms with E-state index in [2.05, 4.69) is 23.3 Å². The van der Waals surface area contributed by atoms with Gasteiger partial charge in [0.2, 0.25) is 0 Å². The summed E-state index contributed by atoms with van der Waals surface area (Å²) in [5.74, 6) is 0.0744. The highest BCUT2D eigenvalue weighted by Gasteiger charge is 2.22. The monoisotopic (exact) mass is 403 g/mol. The average Bonchev–Trinajstić information content (AvgIpc) is 3.01. The van der Waals surface area contributed by atoms with Crippen molar-refractivity contribution in [2.75, 3.05) is 5.32 Å². The van der Waals surface area contributed by atoms with Crippen LogP contribution >= 0.6 is 11.6 Å². The third-order valence-electron chi connectivity index (χ3n) is 4.72. The first-order valence-electron chi connectivity index (χ1n) is 9.38. The smallest absolute Gasteiger partial charge is 0.256 e. The number of hydrogen-bond acceptors (Lipinski definition) is 4. The quantitative estimate of drug-likeness (QED) is 0.498. The lowest BCUT2D eigenvalue weighted by molar-refractivity contribution is 0.102. The van der Waals surface area contributed by atoms with E-state index in [4.69, 9.17) is 16.6 Å². The van der Waals surface area contributed by atoms with Crippen LogP contribution in [-0.2, 0) is 6.54 Å². The molecule has 6 nitrogen and oxygen atoms in total. The highest BCUT2D eigenvalue weighted by atomic mass is 35.5. The molecule has 144 valence electrons. The highest BCUT2D eigenvalue weighted by Crippen LogP contribution is 2.30. The van der Waals surface area contributed by atoms with Crippen LogP contribution in [0.5, 0.6) is 0 Å². The van der Waals surface area contributed by atoms with Crippen molar-refractivity contribution in [1.82, 2.24) is 14.5 Å². The molecule has 29 heavy (non-hydrogen) atoms. The third-order valence-corrected chi connectivity index (χ3v) is 4.95. The molecular formula is C22H18ClN5O. The summed E-state index contributed by atoms with van der Waals surface area (Å²) < 4.78 is 1.87. The molecule has 7 heteroatoms. The van der Waals surface area contributed by atoms with Crippen LogP contribution < -0.4 is 5.32 Å². The second kappa shape index (κ2) is 7.90. The fraction of sp³-hybridized carbons (Fsp3) is 0.182. The van der Waals surface area contributed by atoms with Gasteiger partial charge < -0.3 is 9.88 Å². The van der Waals surface area contributed by atoms with Gasteiger partial charge >= 0.3 is 0 Å². The maximum absolute atomic E-state index is 12.8. The van der Waals surface area contributed by atoms with Crippen LogP contribution in [0.4, 0.5) is 5.82 Å². The van der Waals surface area contributed by atoms with E-state index in [0.717, 1.165) is 18.4 Å². The van der Waals surface area contributed by atoms with E-state index in [1.807, 2.05) is 28.8 Å². The maximum atomic E-state index is 12.8. The van der Waals surface area contributed by atoms with Gasteiger partial charge in [0.05, 0.1) is 11.0 Å². The van der Waals surface area contributed by atoms with Crippen molar-refractivity contribution in [3.63, 3.8) is 0 Å². The molecule has 0 unspecified atom stereocenters. The molecule has 0 aliphatic carbocycles. The molecule has 4 aromatic rings. The van der Waals surface area contributed by atoms with E-state index in [-0.39, 0.29) is 5.91 Å². The van der Waals surface area contributed by atoms with Crippen molar-refractivity contribution in [2.45, 2.75) is 26.3 Å². The number of nitriles is 1. The van der Waals surface area contributed by atoms with Crippen LogP contribution in [0.25, 0.3) is 22.2 Å². The van der Waals surface area contributed by atoms with Gasteiger partial charge in [-0.2, -0.15) is 5.26 Å². The van der Waals surface area contributed by atoms with Gasteiger partial charge in [-0.15, -0.1) is 0 Å². The normalized spacial score (nSPS) is 10.9. The molecule has 1 amide bonds. The topological polar surface area (TPSA) is 83.6 Å². The molecule has 0 fully saturated rings. The Hall–Kier alpha value is -3.43. The number of amides is 1. The van der Waals surface area contributed by atoms with Crippen molar-refractivity contribution in [2.24, 2.45) is 0 Å². The predicted octanol–water partition coefficient (Wildman–Crippen LogP) is 5.16. The first-order chi connectivity index (χ1) is 14.1. The number of para-hydroxylation sites is 2. The van der Waals surface area contributed by atoms with Gasteiger partial charge in [0.15, 0.2) is 5.65 Å². The van der Waals surface area contributed by atoms with Crippen LogP contribution in [0.3, 0.4) is 0 Å². The zero-order valence-electron chi connectivity index (χ0n) is 15.8. The number of hydrogen-bond donors (Lipinski definition) is 1. The molecule has 0 saturated heterocycles. The molecule has 0 aliphatic rings. The van der Waals surface area contributed by atoms with Crippen molar-refractivity contribution < 1.29 is 4.79 Å². The van der Waals surface area contributed by atoms with Crippen LogP contribution in [0.15, 0.2) is 48.5 Å². The zero-order valence-corrected chi connectivity index (χ0v) is 16.6. The number of nitrogens with one attached hydrogen (secondary N) is 1. The van der Waals surface area contributed by atoms with E-state index < -0.39 is 0 Å². The fourth-order valence-electron chi connectivity index (χ4n) is 3.28. The van der Waals surface area contributed by atoms with Crippen LogP contribution in [-0.4, -0.2) is 20.4 Å². The van der Waals surface area contributed by atoms with Gasteiger partial charge in [-0.1, -0.05) is 43.1 Å². The zero-order chi connectivity index (χ0) is 20.4. The van der Waals surface area contributed by atoms with Crippen LogP contribution in [0.2, 0.25) is 5.02 Å². The summed E-state index contributed by atoms with van der Waals surface area (Å²) in [7, 11) is 0. The minimum atomic E-state index is -0.339. The number of anilines is 1. The Morgan fingerprint density at radius 1 is 1.17 bits per heavy atom. The number of aromatic nitrogens is 3. The molecule has 0 atom stereocenters. The minimum Gasteiger partial charge on any atom is -0.309 e. The minimum absolute atomic E-state index is 0.310. The number of nitrogens with zero attached hydrogens (tertiary/aromatic N) is 4. The van der Waals surface area contributed by atoms with Gasteiger partial charge in [0, 0.05) is 17.1 Å². The Labute approximate surface area is 172 Å². The average molecular weight is 404 g/mol. The number of benzene rings is 2. The number of rotatable bonds is 5. The maximum Gasteiger partial charge on any atom is 0.256 e. The molecule has 2 heterocycles. The van der Waals surface area contributed by atoms with E-state index in [1.54, 1.807) is 24.3 Å². The number of carbonyl (C=O) groups excluding carboxylic acids is 1. The van der Waals surface area contributed by atoms with Gasteiger partial charge in [0.25, 0.3) is 5.91 Å². The Morgan fingerprint density at radius 3 is 2.62 bits per heavy atom.